The van der Waals surface area contributed by atoms with Crippen molar-refractivity contribution in [3.63, 3.8) is 0 Å². The molecule has 2 aromatic rings. The molecule has 6 rings (SSSR count). The molecule has 136 valence electrons. The standard InChI is InChI=1S/C22H24ClNOS/c23-18-5-1-3-17-4-2-6-19(21(17)18)26-13-20(25)24-22-10-14-7-15(11-22)9-16(8-14)12-22/h1-6,14-16H,7-13H2,(H,24,25). The average molecular weight is 386 g/mol. The van der Waals surface area contributed by atoms with Gasteiger partial charge in [-0.05, 0) is 73.8 Å². The molecular weight excluding hydrogens is 362 g/mol. The van der Waals surface area contributed by atoms with E-state index in [2.05, 4.69) is 23.5 Å². The zero-order valence-corrected chi connectivity index (χ0v) is 16.4. The van der Waals surface area contributed by atoms with Crippen molar-refractivity contribution < 1.29 is 4.79 Å². The molecule has 4 heteroatoms. The molecule has 0 radical (unpaired) electrons. The summed E-state index contributed by atoms with van der Waals surface area (Å²) < 4.78 is 0. The Morgan fingerprint density at radius 2 is 1.65 bits per heavy atom. The maximum Gasteiger partial charge on any atom is 0.230 e. The molecule has 0 saturated heterocycles. The van der Waals surface area contributed by atoms with Crippen LogP contribution in [0.15, 0.2) is 41.3 Å². The Kier molecular flexibility index (Phi) is 4.21. The number of nitrogens with one attached hydrogen (secondary N) is 1. The molecule has 2 nitrogen and oxygen atoms in total. The van der Waals surface area contributed by atoms with Crippen LogP contribution in [0.1, 0.15) is 38.5 Å². The lowest BCUT2D eigenvalue weighted by molar-refractivity contribution is -0.124. The molecular formula is C22H24ClNOS. The number of hydrogen-bond acceptors (Lipinski definition) is 2. The molecule has 26 heavy (non-hydrogen) atoms. The van der Waals surface area contributed by atoms with Gasteiger partial charge in [-0.15, -0.1) is 11.8 Å². The van der Waals surface area contributed by atoms with Crippen LogP contribution >= 0.6 is 23.4 Å². The monoisotopic (exact) mass is 385 g/mol. The summed E-state index contributed by atoms with van der Waals surface area (Å²) in [4.78, 5) is 13.8. The maximum absolute atomic E-state index is 12.8. The van der Waals surface area contributed by atoms with Gasteiger partial charge < -0.3 is 5.32 Å². The van der Waals surface area contributed by atoms with Gasteiger partial charge in [0.1, 0.15) is 0 Å². The highest BCUT2D eigenvalue weighted by Crippen LogP contribution is 2.55. The number of carbonyl (C=O) groups is 1. The smallest absolute Gasteiger partial charge is 0.230 e. The van der Waals surface area contributed by atoms with Crippen molar-refractivity contribution in [3.05, 3.63) is 41.4 Å². The van der Waals surface area contributed by atoms with E-state index in [0.717, 1.165) is 38.4 Å². The summed E-state index contributed by atoms with van der Waals surface area (Å²) >= 11 is 8.01. The highest BCUT2D eigenvalue weighted by Gasteiger charge is 2.51. The number of benzene rings is 2. The summed E-state index contributed by atoms with van der Waals surface area (Å²) in [6, 6.07) is 12.1. The highest BCUT2D eigenvalue weighted by atomic mass is 35.5. The van der Waals surface area contributed by atoms with Gasteiger partial charge in [-0.3, -0.25) is 4.79 Å². The maximum atomic E-state index is 12.8. The molecule has 1 amide bonds. The Balaban J connectivity index is 1.29. The summed E-state index contributed by atoms with van der Waals surface area (Å²) in [5, 5.41) is 6.41. The lowest BCUT2D eigenvalue weighted by Gasteiger charge is -2.56. The van der Waals surface area contributed by atoms with E-state index >= 15 is 0 Å². The van der Waals surface area contributed by atoms with Crippen molar-refractivity contribution in [2.45, 2.75) is 49.0 Å². The number of rotatable bonds is 4. The van der Waals surface area contributed by atoms with Crippen LogP contribution in [0.5, 0.6) is 0 Å². The summed E-state index contributed by atoms with van der Waals surface area (Å²) in [7, 11) is 0. The molecule has 0 aliphatic heterocycles. The molecule has 0 heterocycles. The predicted octanol–water partition coefficient (Wildman–Crippen LogP) is 5.67. The largest absolute Gasteiger partial charge is 0.350 e. The SMILES string of the molecule is O=C(CSc1cccc2cccc(Cl)c12)NC12CC3CC(CC(C3)C1)C2. The van der Waals surface area contributed by atoms with Crippen molar-refractivity contribution in [2.75, 3.05) is 5.75 Å². The van der Waals surface area contributed by atoms with Gasteiger partial charge in [-0.25, -0.2) is 0 Å². The second kappa shape index (κ2) is 6.45. The van der Waals surface area contributed by atoms with Gasteiger partial charge in [0.2, 0.25) is 5.91 Å². The number of carbonyl (C=O) groups excluding carboxylic acids is 1. The van der Waals surface area contributed by atoms with Crippen molar-refractivity contribution in [1.82, 2.24) is 5.32 Å². The molecule has 0 aromatic heterocycles. The van der Waals surface area contributed by atoms with Crippen LogP contribution in [-0.4, -0.2) is 17.2 Å². The predicted molar refractivity (Wildman–Crippen MR) is 109 cm³/mol. The van der Waals surface area contributed by atoms with Gasteiger partial charge >= 0.3 is 0 Å². The Labute approximate surface area is 164 Å². The number of halogens is 1. The Morgan fingerprint density at radius 1 is 1.04 bits per heavy atom. The molecule has 4 aliphatic rings. The third kappa shape index (κ3) is 3.03. The number of fused-ring (bicyclic) bond motifs is 1. The van der Waals surface area contributed by atoms with Crippen molar-refractivity contribution in [2.24, 2.45) is 17.8 Å². The van der Waals surface area contributed by atoms with E-state index in [9.17, 15) is 4.79 Å². The quantitative estimate of drug-likeness (QED) is 0.687. The molecule has 2 aromatic carbocycles. The van der Waals surface area contributed by atoms with E-state index in [1.165, 1.54) is 38.5 Å². The molecule has 0 spiro atoms. The van der Waals surface area contributed by atoms with Crippen LogP contribution in [0.25, 0.3) is 10.8 Å². The molecule has 0 unspecified atom stereocenters. The first kappa shape index (κ1) is 16.9. The summed E-state index contributed by atoms with van der Waals surface area (Å²) in [5.74, 6) is 3.20. The minimum Gasteiger partial charge on any atom is -0.350 e. The van der Waals surface area contributed by atoms with Crippen LogP contribution in [-0.2, 0) is 4.79 Å². The van der Waals surface area contributed by atoms with Gasteiger partial charge in [0, 0.05) is 20.8 Å². The minimum absolute atomic E-state index is 0.1000. The minimum atomic E-state index is 0.1000. The Bertz CT molecular complexity index is 824. The summed E-state index contributed by atoms with van der Waals surface area (Å²) in [5.41, 5.74) is 0.1000. The second-order valence-electron chi connectivity index (χ2n) is 8.63. The van der Waals surface area contributed by atoms with Crippen LogP contribution in [0.4, 0.5) is 0 Å². The van der Waals surface area contributed by atoms with E-state index in [1.807, 2.05) is 18.2 Å². The molecule has 4 saturated carbocycles. The van der Waals surface area contributed by atoms with Crippen LogP contribution in [0, 0.1) is 17.8 Å². The van der Waals surface area contributed by atoms with Gasteiger partial charge in [-0.1, -0.05) is 35.9 Å². The van der Waals surface area contributed by atoms with E-state index in [4.69, 9.17) is 11.6 Å². The normalized spacial score (nSPS) is 32.1. The zero-order chi connectivity index (χ0) is 17.7. The zero-order valence-electron chi connectivity index (χ0n) is 14.8. The molecule has 1 N–H and O–H groups in total. The van der Waals surface area contributed by atoms with Crippen molar-refractivity contribution >= 4 is 40.0 Å². The van der Waals surface area contributed by atoms with Gasteiger partial charge in [0.15, 0.2) is 0 Å². The fraction of sp³-hybridized carbons (Fsp3) is 0.500. The van der Waals surface area contributed by atoms with Crippen LogP contribution in [0.2, 0.25) is 5.02 Å². The highest BCUT2D eigenvalue weighted by molar-refractivity contribution is 8.00. The van der Waals surface area contributed by atoms with Gasteiger partial charge in [0.05, 0.1) is 5.75 Å². The Morgan fingerprint density at radius 3 is 2.31 bits per heavy atom. The van der Waals surface area contributed by atoms with Crippen LogP contribution in [0.3, 0.4) is 0 Å². The van der Waals surface area contributed by atoms with Crippen LogP contribution < -0.4 is 5.32 Å². The van der Waals surface area contributed by atoms with E-state index in [-0.39, 0.29) is 11.4 Å². The van der Waals surface area contributed by atoms with Gasteiger partial charge in [-0.2, -0.15) is 0 Å². The fourth-order valence-electron chi connectivity index (χ4n) is 6.12. The fourth-order valence-corrected chi connectivity index (χ4v) is 7.37. The summed E-state index contributed by atoms with van der Waals surface area (Å²) in [6.07, 6.45) is 7.82. The molecule has 0 atom stereocenters. The van der Waals surface area contributed by atoms with Crippen molar-refractivity contribution in [1.29, 1.82) is 0 Å². The summed E-state index contributed by atoms with van der Waals surface area (Å²) in [6.45, 7) is 0. The first-order valence-electron chi connectivity index (χ1n) is 9.71. The van der Waals surface area contributed by atoms with E-state index in [0.29, 0.717) is 5.75 Å². The lowest BCUT2D eigenvalue weighted by atomic mass is 9.53. The number of hydrogen-bond donors (Lipinski definition) is 1. The lowest BCUT2D eigenvalue weighted by Crippen LogP contribution is -2.60. The third-order valence-corrected chi connectivity index (χ3v) is 7.99. The van der Waals surface area contributed by atoms with E-state index < -0.39 is 0 Å². The molecule has 4 bridgehead atoms. The van der Waals surface area contributed by atoms with Crippen molar-refractivity contribution in [3.8, 4) is 0 Å². The third-order valence-electron chi connectivity index (χ3n) is 6.62. The Hall–Kier alpha value is -1.19. The average Bonchev–Trinajstić information content (AvgIpc) is 2.58. The second-order valence-corrected chi connectivity index (χ2v) is 10.1. The number of thioether (sulfide) groups is 1. The molecule has 4 fully saturated rings. The topological polar surface area (TPSA) is 29.1 Å². The molecule has 4 aliphatic carbocycles. The number of amides is 1. The van der Waals surface area contributed by atoms with E-state index in [1.54, 1.807) is 11.8 Å². The van der Waals surface area contributed by atoms with Gasteiger partial charge in [0.25, 0.3) is 0 Å². The first-order valence-corrected chi connectivity index (χ1v) is 11.1. The first-order chi connectivity index (χ1) is 12.6.